The van der Waals surface area contributed by atoms with E-state index in [1.165, 1.54) is 11.8 Å². The molecule has 0 aromatic carbocycles. The van der Waals surface area contributed by atoms with Crippen LogP contribution in [-0.2, 0) is 9.53 Å². The molecule has 1 aliphatic heterocycles. The number of aromatic nitrogens is 2. The molecule has 0 bridgehead atoms. The van der Waals surface area contributed by atoms with Gasteiger partial charge in [0.05, 0.1) is 18.5 Å². The highest BCUT2D eigenvalue weighted by Crippen LogP contribution is 2.17. The molecule has 0 radical (unpaired) electrons. The maximum absolute atomic E-state index is 12.0. The SMILES string of the molecule is CC(Sc1ncccn1)C(=O)NCCN1CCOCC1. The van der Waals surface area contributed by atoms with Crippen molar-refractivity contribution in [3.63, 3.8) is 0 Å². The van der Waals surface area contributed by atoms with Crippen molar-refractivity contribution >= 4 is 17.7 Å². The van der Waals surface area contributed by atoms with Gasteiger partial charge in [0, 0.05) is 38.6 Å². The Labute approximate surface area is 123 Å². The van der Waals surface area contributed by atoms with Gasteiger partial charge < -0.3 is 10.1 Å². The minimum atomic E-state index is -0.193. The van der Waals surface area contributed by atoms with Crippen LogP contribution in [0.25, 0.3) is 0 Å². The van der Waals surface area contributed by atoms with E-state index in [1.54, 1.807) is 18.5 Å². The third-order valence-corrected chi connectivity index (χ3v) is 4.01. The molecule has 6 nitrogen and oxygen atoms in total. The normalized spacial score (nSPS) is 17.6. The van der Waals surface area contributed by atoms with Crippen LogP contribution in [0.2, 0.25) is 0 Å². The summed E-state index contributed by atoms with van der Waals surface area (Å²) in [6, 6.07) is 1.76. The monoisotopic (exact) mass is 296 g/mol. The van der Waals surface area contributed by atoms with Gasteiger partial charge in [0.25, 0.3) is 0 Å². The highest BCUT2D eigenvalue weighted by molar-refractivity contribution is 8.00. The number of rotatable bonds is 6. The van der Waals surface area contributed by atoms with E-state index in [0.717, 1.165) is 32.8 Å². The second kappa shape index (κ2) is 8.18. The van der Waals surface area contributed by atoms with Crippen LogP contribution in [0, 0.1) is 0 Å². The number of carbonyl (C=O) groups is 1. The maximum atomic E-state index is 12.0. The lowest BCUT2D eigenvalue weighted by Crippen LogP contribution is -2.42. The van der Waals surface area contributed by atoms with Gasteiger partial charge in [0.2, 0.25) is 5.91 Å². The average Bonchev–Trinajstić information content (AvgIpc) is 2.49. The molecule has 0 saturated carbocycles. The van der Waals surface area contributed by atoms with Crippen LogP contribution in [0.3, 0.4) is 0 Å². The summed E-state index contributed by atoms with van der Waals surface area (Å²) >= 11 is 1.37. The van der Waals surface area contributed by atoms with Gasteiger partial charge >= 0.3 is 0 Å². The van der Waals surface area contributed by atoms with E-state index in [9.17, 15) is 4.79 Å². The second-order valence-corrected chi connectivity index (χ2v) is 5.84. The summed E-state index contributed by atoms with van der Waals surface area (Å²) in [7, 11) is 0. The van der Waals surface area contributed by atoms with Crippen LogP contribution in [0.4, 0.5) is 0 Å². The average molecular weight is 296 g/mol. The first-order valence-corrected chi connectivity index (χ1v) is 7.65. The first kappa shape index (κ1) is 15.2. The first-order valence-electron chi connectivity index (χ1n) is 6.77. The number of hydrogen-bond donors (Lipinski definition) is 1. The molecular weight excluding hydrogens is 276 g/mol. The molecule has 1 N–H and O–H groups in total. The van der Waals surface area contributed by atoms with Crippen molar-refractivity contribution in [3.8, 4) is 0 Å². The molecule has 1 aromatic rings. The van der Waals surface area contributed by atoms with Crippen LogP contribution < -0.4 is 5.32 Å². The molecule has 1 aliphatic rings. The zero-order valence-corrected chi connectivity index (χ0v) is 12.4. The lowest BCUT2D eigenvalue weighted by Gasteiger charge is -2.26. The van der Waals surface area contributed by atoms with Crippen molar-refractivity contribution in [2.45, 2.75) is 17.3 Å². The molecule has 1 aromatic heterocycles. The predicted molar refractivity (Wildman–Crippen MR) is 77.6 cm³/mol. The van der Waals surface area contributed by atoms with Crippen LogP contribution in [0.5, 0.6) is 0 Å². The van der Waals surface area contributed by atoms with Gasteiger partial charge in [0.1, 0.15) is 0 Å². The summed E-state index contributed by atoms with van der Waals surface area (Å²) in [6.07, 6.45) is 3.36. The Balaban J connectivity index is 1.66. The summed E-state index contributed by atoms with van der Waals surface area (Å²) in [5, 5.41) is 3.39. The Morgan fingerprint density at radius 1 is 1.45 bits per heavy atom. The van der Waals surface area contributed by atoms with Crippen molar-refractivity contribution in [2.75, 3.05) is 39.4 Å². The van der Waals surface area contributed by atoms with Crippen LogP contribution >= 0.6 is 11.8 Å². The zero-order chi connectivity index (χ0) is 14.2. The summed E-state index contributed by atoms with van der Waals surface area (Å²) in [5.41, 5.74) is 0. The van der Waals surface area contributed by atoms with Gasteiger partial charge in [-0.15, -0.1) is 0 Å². The number of amides is 1. The maximum Gasteiger partial charge on any atom is 0.233 e. The highest BCUT2D eigenvalue weighted by atomic mass is 32.2. The largest absolute Gasteiger partial charge is 0.379 e. The Bertz CT molecular complexity index is 412. The Hall–Kier alpha value is -1.18. The van der Waals surface area contributed by atoms with Crippen molar-refractivity contribution in [3.05, 3.63) is 18.5 Å². The number of nitrogens with zero attached hydrogens (tertiary/aromatic N) is 3. The third-order valence-electron chi connectivity index (χ3n) is 3.02. The van der Waals surface area contributed by atoms with E-state index in [4.69, 9.17) is 4.74 Å². The van der Waals surface area contributed by atoms with E-state index >= 15 is 0 Å². The lowest BCUT2D eigenvalue weighted by molar-refractivity contribution is -0.120. The number of morpholine rings is 1. The molecule has 1 unspecified atom stereocenters. The molecule has 2 heterocycles. The molecule has 0 spiro atoms. The molecule has 1 amide bonds. The van der Waals surface area contributed by atoms with Crippen molar-refractivity contribution < 1.29 is 9.53 Å². The summed E-state index contributed by atoms with van der Waals surface area (Å²) < 4.78 is 5.29. The summed E-state index contributed by atoms with van der Waals surface area (Å²) in [5.74, 6) is 0.0238. The molecule has 0 aliphatic carbocycles. The molecule has 1 fully saturated rings. The topological polar surface area (TPSA) is 67.4 Å². The first-order chi connectivity index (χ1) is 9.75. The van der Waals surface area contributed by atoms with E-state index < -0.39 is 0 Å². The Morgan fingerprint density at radius 3 is 2.85 bits per heavy atom. The quantitative estimate of drug-likeness (QED) is 0.606. The molecule has 2 rings (SSSR count). The summed E-state index contributed by atoms with van der Waals surface area (Å²) in [6.45, 7) is 6.85. The van der Waals surface area contributed by atoms with Crippen molar-refractivity contribution in [1.82, 2.24) is 20.2 Å². The van der Waals surface area contributed by atoms with Crippen molar-refractivity contribution in [2.24, 2.45) is 0 Å². The number of thioether (sulfide) groups is 1. The van der Waals surface area contributed by atoms with Crippen LogP contribution in [0.15, 0.2) is 23.6 Å². The Kier molecular flexibility index (Phi) is 6.23. The van der Waals surface area contributed by atoms with Crippen LogP contribution in [0.1, 0.15) is 6.92 Å². The van der Waals surface area contributed by atoms with E-state index in [1.807, 2.05) is 6.92 Å². The summed E-state index contributed by atoms with van der Waals surface area (Å²) in [4.78, 5) is 22.5. The lowest BCUT2D eigenvalue weighted by atomic mass is 10.4. The van der Waals surface area contributed by atoms with Crippen LogP contribution in [-0.4, -0.2) is 65.4 Å². The predicted octanol–water partition coefficient (Wildman–Crippen LogP) is 0.406. The fourth-order valence-corrected chi connectivity index (χ4v) is 2.61. The van der Waals surface area contributed by atoms with E-state index in [-0.39, 0.29) is 11.2 Å². The molecule has 1 atom stereocenters. The minimum Gasteiger partial charge on any atom is -0.379 e. The number of carbonyl (C=O) groups excluding carboxylic acids is 1. The van der Waals surface area contributed by atoms with Gasteiger partial charge in [-0.3, -0.25) is 9.69 Å². The third kappa shape index (κ3) is 5.07. The second-order valence-electron chi connectivity index (χ2n) is 4.54. The fraction of sp³-hybridized carbons (Fsp3) is 0.615. The fourth-order valence-electron chi connectivity index (χ4n) is 1.86. The molecule has 1 saturated heterocycles. The smallest absolute Gasteiger partial charge is 0.233 e. The number of hydrogen-bond acceptors (Lipinski definition) is 6. The van der Waals surface area contributed by atoms with Gasteiger partial charge in [0.15, 0.2) is 5.16 Å². The minimum absolute atomic E-state index is 0.0238. The molecule has 7 heteroatoms. The highest BCUT2D eigenvalue weighted by Gasteiger charge is 2.16. The van der Waals surface area contributed by atoms with Gasteiger partial charge in [-0.2, -0.15) is 0 Å². The molecule has 20 heavy (non-hydrogen) atoms. The van der Waals surface area contributed by atoms with E-state index in [0.29, 0.717) is 11.7 Å². The van der Waals surface area contributed by atoms with Crippen molar-refractivity contribution in [1.29, 1.82) is 0 Å². The molecule has 110 valence electrons. The van der Waals surface area contributed by atoms with Gasteiger partial charge in [-0.25, -0.2) is 9.97 Å². The van der Waals surface area contributed by atoms with Gasteiger partial charge in [-0.05, 0) is 13.0 Å². The van der Waals surface area contributed by atoms with Gasteiger partial charge in [-0.1, -0.05) is 11.8 Å². The van der Waals surface area contributed by atoms with E-state index in [2.05, 4.69) is 20.2 Å². The Morgan fingerprint density at radius 2 is 2.15 bits per heavy atom. The molecular formula is C13H20N4O2S. The standard InChI is InChI=1S/C13H20N4O2S/c1-11(20-13-15-3-2-4-16-13)12(18)14-5-6-17-7-9-19-10-8-17/h2-4,11H,5-10H2,1H3,(H,14,18). The number of nitrogens with one attached hydrogen (secondary N) is 1. The number of ether oxygens (including phenoxy) is 1. The zero-order valence-electron chi connectivity index (χ0n) is 11.6.